The Hall–Kier alpha value is -1.73. The summed E-state index contributed by atoms with van der Waals surface area (Å²) >= 11 is 1.56. The number of hydrogen-bond donors (Lipinski definition) is 1. The van der Waals surface area contributed by atoms with Crippen LogP contribution in [0.15, 0.2) is 21.9 Å². The van der Waals surface area contributed by atoms with Gasteiger partial charge in [-0.1, -0.05) is 6.07 Å². The monoisotopic (exact) mass is 292 g/mol. The van der Waals surface area contributed by atoms with Gasteiger partial charge in [0.15, 0.2) is 0 Å². The van der Waals surface area contributed by atoms with Crippen molar-refractivity contribution in [3.05, 3.63) is 23.4 Å². The van der Waals surface area contributed by atoms with E-state index in [2.05, 4.69) is 15.5 Å². The molecule has 20 heavy (non-hydrogen) atoms. The van der Waals surface area contributed by atoms with E-state index in [0.29, 0.717) is 30.9 Å². The van der Waals surface area contributed by atoms with Crippen LogP contribution >= 0.6 is 11.3 Å². The summed E-state index contributed by atoms with van der Waals surface area (Å²) in [6, 6.07) is 4.28. The van der Waals surface area contributed by atoms with Crippen molar-refractivity contribution >= 4 is 17.2 Å². The van der Waals surface area contributed by atoms with E-state index < -0.39 is 0 Å². The molecule has 1 aliphatic rings. The molecule has 3 rings (SSSR count). The number of nitrogens with one attached hydrogen (secondary N) is 1. The quantitative estimate of drug-likeness (QED) is 0.874. The van der Waals surface area contributed by atoms with Crippen molar-refractivity contribution in [3.63, 3.8) is 0 Å². The number of thiophene rings is 1. The average molecular weight is 292 g/mol. The summed E-state index contributed by atoms with van der Waals surface area (Å²) in [5.74, 6) is 1.11. The summed E-state index contributed by atoms with van der Waals surface area (Å²) in [5, 5.41) is 12.9. The summed E-state index contributed by atoms with van der Waals surface area (Å²) in [6.45, 7) is 0.809. The Labute approximate surface area is 120 Å². The molecule has 1 amide bonds. The lowest BCUT2D eigenvalue weighted by atomic mass is 10.4. The van der Waals surface area contributed by atoms with E-state index in [9.17, 15) is 4.79 Å². The van der Waals surface area contributed by atoms with E-state index in [1.807, 2.05) is 29.5 Å². The first-order valence-corrected chi connectivity index (χ1v) is 7.43. The smallest absolute Gasteiger partial charge is 0.257 e. The fourth-order valence-electron chi connectivity index (χ4n) is 1.85. The lowest BCUT2D eigenvalue weighted by molar-refractivity contribution is -0.122. The minimum Gasteiger partial charge on any atom is -0.419 e. The van der Waals surface area contributed by atoms with E-state index in [1.165, 1.54) is 0 Å². The number of nitrogens with zero attached hydrogens (tertiary/aromatic N) is 3. The number of rotatable bonds is 6. The fraction of sp³-hybridized carbons (Fsp3) is 0.462. The van der Waals surface area contributed by atoms with Crippen LogP contribution < -0.4 is 5.32 Å². The maximum Gasteiger partial charge on any atom is 0.257 e. The molecule has 6 nitrogen and oxygen atoms in total. The van der Waals surface area contributed by atoms with Crippen LogP contribution in [0.2, 0.25) is 0 Å². The molecule has 7 heteroatoms. The highest BCUT2D eigenvalue weighted by molar-refractivity contribution is 7.13. The van der Waals surface area contributed by atoms with Crippen molar-refractivity contribution in [1.82, 2.24) is 20.4 Å². The molecular weight excluding hydrogens is 276 g/mol. The van der Waals surface area contributed by atoms with Crippen LogP contribution in [0.5, 0.6) is 0 Å². The first-order valence-electron chi connectivity index (χ1n) is 6.55. The number of carbonyl (C=O) groups excluding carboxylic acids is 1. The van der Waals surface area contributed by atoms with Crippen LogP contribution in [0.25, 0.3) is 10.8 Å². The minimum absolute atomic E-state index is 0.0491. The molecule has 0 radical (unpaired) electrons. The van der Waals surface area contributed by atoms with Crippen molar-refractivity contribution in [2.45, 2.75) is 25.4 Å². The second kappa shape index (κ2) is 5.72. The summed E-state index contributed by atoms with van der Waals surface area (Å²) in [5.41, 5.74) is 0. The van der Waals surface area contributed by atoms with E-state index in [-0.39, 0.29) is 5.91 Å². The molecule has 2 aromatic rings. The van der Waals surface area contributed by atoms with E-state index >= 15 is 0 Å². The zero-order valence-corrected chi connectivity index (χ0v) is 12.0. The Kier molecular flexibility index (Phi) is 3.79. The van der Waals surface area contributed by atoms with Crippen LogP contribution in [-0.2, 0) is 11.3 Å². The van der Waals surface area contributed by atoms with Crippen molar-refractivity contribution in [3.8, 4) is 10.8 Å². The maximum atomic E-state index is 11.7. The van der Waals surface area contributed by atoms with Gasteiger partial charge in [-0.25, -0.2) is 0 Å². The van der Waals surface area contributed by atoms with Crippen LogP contribution in [0.3, 0.4) is 0 Å². The van der Waals surface area contributed by atoms with Crippen molar-refractivity contribution in [2.24, 2.45) is 0 Å². The van der Waals surface area contributed by atoms with Gasteiger partial charge >= 0.3 is 0 Å². The third-order valence-electron chi connectivity index (χ3n) is 2.96. The number of amides is 1. The van der Waals surface area contributed by atoms with Gasteiger partial charge in [-0.2, -0.15) is 0 Å². The zero-order chi connectivity index (χ0) is 13.9. The molecular formula is C13H16N4O2S. The minimum atomic E-state index is 0.0491. The highest BCUT2D eigenvalue weighted by atomic mass is 32.1. The summed E-state index contributed by atoms with van der Waals surface area (Å²) in [6.07, 6.45) is 2.20. The van der Waals surface area contributed by atoms with Crippen LogP contribution in [0.4, 0.5) is 0 Å². The van der Waals surface area contributed by atoms with Gasteiger partial charge in [0.25, 0.3) is 5.89 Å². The summed E-state index contributed by atoms with van der Waals surface area (Å²) in [4.78, 5) is 14.5. The van der Waals surface area contributed by atoms with Gasteiger partial charge in [-0.15, -0.1) is 21.5 Å². The van der Waals surface area contributed by atoms with Crippen molar-refractivity contribution in [1.29, 1.82) is 0 Å². The fourth-order valence-corrected chi connectivity index (χ4v) is 2.49. The topological polar surface area (TPSA) is 71.3 Å². The summed E-state index contributed by atoms with van der Waals surface area (Å²) < 4.78 is 5.59. The molecule has 1 aliphatic carbocycles. The van der Waals surface area contributed by atoms with Gasteiger partial charge in [0.2, 0.25) is 11.8 Å². The Morgan fingerprint density at radius 1 is 1.55 bits per heavy atom. The highest BCUT2D eigenvalue weighted by Gasteiger charge is 2.23. The molecule has 1 N–H and O–H groups in total. The third kappa shape index (κ3) is 3.43. The van der Waals surface area contributed by atoms with Gasteiger partial charge in [-0.05, 0) is 31.3 Å². The molecule has 2 heterocycles. The lowest BCUT2D eigenvalue weighted by Gasteiger charge is -2.13. The lowest BCUT2D eigenvalue weighted by Crippen LogP contribution is -2.36. The number of aromatic nitrogens is 2. The van der Waals surface area contributed by atoms with Crippen molar-refractivity contribution in [2.75, 3.05) is 13.6 Å². The van der Waals surface area contributed by atoms with Crippen LogP contribution in [0, 0.1) is 0 Å². The maximum absolute atomic E-state index is 11.7. The SMILES string of the molecule is CN(CC(=O)NC1CC1)Cc1nnc(-c2cccs2)o1. The predicted octanol–water partition coefficient (Wildman–Crippen LogP) is 1.51. The number of carbonyl (C=O) groups is 1. The van der Waals surface area contributed by atoms with Crippen LogP contribution in [0.1, 0.15) is 18.7 Å². The largest absolute Gasteiger partial charge is 0.419 e. The molecule has 0 unspecified atom stereocenters. The molecule has 0 saturated heterocycles. The van der Waals surface area contributed by atoms with Crippen LogP contribution in [-0.4, -0.2) is 40.6 Å². The molecule has 0 atom stereocenters. The first-order chi connectivity index (χ1) is 9.70. The Morgan fingerprint density at radius 2 is 2.40 bits per heavy atom. The Morgan fingerprint density at radius 3 is 3.10 bits per heavy atom. The van der Waals surface area contributed by atoms with E-state index in [4.69, 9.17) is 4.42 Å². The molecule has 0 aliphatic heterocycles. The molecule has 106 valence electrons. The standard InChI is InChI=1S/C13H16N4O2S/c1-17(7-11(18)14-9-4-5-9)8-12-15-16-13(19-12)10-3-2-6-20-10/h2-3,6,9H,4-5,7-8H2,1H3,(H,14,18). The first kappa shape index (κ1) is 13.3. The van der Waals surface area contributed by atoms with E-state index in [1.54, 1.807) is 11.3 Å². The Bertz CT molecular complexity index is 577. The van der Waals surface area contributed by atoms with Gasteiger partial charge < -0.3 is 9.73 Å². The molecule has 1 fully saturated rings. The average Bonchev–Trinajstić information content (AvgIpc) is 2.92. The molecule has 0 spiro atoms. The van der Waals surface area contributed by atoms with E-state index in [0.717, 1.165) is 17.7 Å². The predicted molar refractivity (Wildman–Crippen MR) is 75.1 cm³/mol. The molecule has 1 saturated carbocycles. The van der Waals surface area contributed by atoms with Gasteiger partial charge in [0.1, 0.15) is 0 Å². The third-order valence-corrected chi connectivity index (χ3v) is 3.82. The second-order valence-electron chi connectivity index (χ2n) is 4.99. The Balaban J connectivity index is 1.53. The van der Waals surface area contributed by atoms with Gasteiger partial charge in [-0.3, -0.25) is 9.69 Å². The summed E-state index contributed by atoms with van der Waals surface area (Å²) in [7, 11) is 1.86. The number of hydrogen-bond acceptors (Lipinski definition) is 6. The zero-order valence-electron chi connectivity index (χ0n) is 11.2. The molecule has 2 aromatic heterocycles. The van der Waals surface area contributed by atoms with Gasteiger partial charge in [0, 0.05) is 6.04 Å². The molecule has 0 bridgehead atoms. The van der Waals surface area contributed by atoms with Gasteiger partial charge in [0.05, 0.1) is 18.0 Å². The second-order valence-corrected chi connectivity index (χ2v) is 5.94. The number of likely N-dealkylation sites (N-methyl/N-ethyl adjacent to an activating group) is 1. The van der Waals surface area contributed by atoms with Crippen molar-refractivity contribution < 1.29 is 9.21 Å². The highest BCUT2D eigenvalue weighted by Crippen LogP contribution is 2.23. The normalized spacial score (nSPS) is 14.7. The molecule has 0 aromatic carbocycles.